The zero-order valence-corrected chi connectivity index (χ0v) is 15.1. The van der Waals surface area contributed by atoms with Crippen LogP contribution < -0.4 is 0 Å². The van der Waals surface area contributed by atoms with Crippen molar-refractivity contribution in [2.24, 2.45) is 0 Å². The Hall–Kier alpha value is 0.550. The van der Waals surface area contributed by atoms with E-state index in [1.165, 1.54) is 11.5 Å². The van der Waals surface area contributed by atoms with Gasteiger partial charge in [-0.15, -0.1) is 11.8 Å². The summed E-state index contributed by atoms with van der Waals surface area (Å²) in [6.07, 6.45) is 3.16. The van der Waals surface area contributed by atoms with Crippen molar-refractivity contribution >= 4 is 51.1 Å². The Balaban J connectivity index is 2.32. The average molecular weight is 382 g/mol. The lowest BCUT2D eigenvalue weighted by Gasteiger charge is -2.29. The van der Waals surface area contributed by atoms with Gasteiger partial charge in [0, 0.05) is 16.8 Å². The highest BCUT2D eigenvalue weighted by Crippen LogP contribution is 2.43. The first-order valence-corrected chi connectivity index (χ1v) is 9.89. The zero-order chi connectivity index (χ0) is 13.8. The van der Waals surface area contributed by atoms with Crippen LogP contribution in [-0.4, -0.2) is 26.7 Å². The van der Waals surface area contributed by atoms with Crippen molar-refractivity contribution in [2.75, 3.05) is 11.5 Å². The average Bonchev–Trinajstić information content (AvgIpc) is 2.43. The molecular weight excluding hydrogens is 364 g/mol. The third kappa shape index (κ3) is 3.80. The number of thioether (sulfide) groups is 2. The van der Waals surface area contributed by atoms with Gasteiger partial charge in [0.1, 0.15) is 11.0 Å². The van der Waals surface area contributed by atoms with E-state index in [4.69, 9.17) is 16.6 Å². The molecule has 1 fully saturated rings. The van der Waals surface area contributed by atoms with Crippen molar-refractivity contribution in [3.8, 4) is 0 Å². The second-order valence-electron chi connectivity index (χ2n) is 4.49. The van der Waals surface area contributed by atoms with Crippen molar-refractivity contribution in [2.45, 2.75) is 43.6 Å². The van der Waals surface area contributed by atoms with Gasteiger partial charge < -0.3 is 0 Å². The topological polar surface area (TPSA) is 25.8 Å². The number of hydrogen-bond donors (Lipinski definition) is 0. The lowest BCUT2D eigenvalue weighted by Crippen LogP contribution is -2.21. The van der Waals surface area contributed by atoms with Crippen LogP contribution in [-0.2, 0) is 6.42 Å². The lowest BCUT2D eigenvalue weighted by molar-refractivity contribution is 0.732. The van der Waals surface area contributed by atoms with E-state index < -0.39 is 0 Å². The maximum Gasteiger partial charge on any atom is 0.147 e. The molecule has 2 atom stereocenters. The quantitative estimate of drug-likeness (QED) is 0.674. The largest absolute Gasteiger partial charge is 0.235 e. The van der Waals surface area contributed by atoms with Gasteiger partial charge in [-0.1, -0.05) is 31.9 Å². The predicted octanol–water partition coefficient (Wildman–Crippen LogP) is 5.14. The first-order valence-electron chi connectivity index (χ1n) is 6.62. The molecular formula is C13H18BrClN2S2. The second-order valence-corrected chi connectivity index (χ2v) is 8.24. The van der Waals surface area contributed by atoms with E-state index in [1.807, 2.05) is 23.5 Å². The monoisotopic (exact) mass is 380 g/mol. The Bertz CT molecular complexity index is 445. The van der Waals surface area contributed by atoms with E-state index in [1.54, 1.807) is 0 Å². The number of aryl methyl sites for hydroxylation is 1. The molecule has 2 heterocycles. The van der Waals surface area contributed by atoms with E-state index >= 15 is 0 Å². The Labute approximate surface area is 137 Å². The maximum atomic E-state index is 6.25. The van der Waals surface area contributed by atoms with E-state index in [0.29, 0.717) is 15.7 Å². The summed E-state index contributed by atoms with van der Waals surface area (Å²) >= 11 is 13.8. The van der Waals surface area contributed by atoms with Gasteiger partial charge >= 0.3 is 0 Å². The third-order valence-electron chi connectivity index (χ3n) is 3.09. The summed E-state index contributed by atoms with van der Waals surface area (Å²) in [6.45, 7) is 4.39. The van der Waals surface area contributed by atoms with Crippen LogP contribution in [0.5, 0.6) is 0 Å². The molecule has 19 heavy (non-hydrogen) atoms. The Morgan fingerprint density at radius 2 is 2.00 bits per heavy atom. The second kappa shape index (κ2) is 7.53. The Kier molecular flexibility index (Phi) is 6.31. The molecule has 106 valence electrons. The summed E-state index contributed by atoms with van der Waals surface area (Å²) < 4.78 is 0.862. The van der Waals surface area contributed by atoms with Crippen LogP contribution >= 0.6 is 51.1 Å². The third-order valence-corrected chi connectivity index (χ3v) is 7.67. The summed E-state index contributed by atoms with van der Waals surface area (Å²) in [6, 6.07) is 0. The van der Waals surface area contributed by atoms with E-state index in [-0.39, 0.29) is 0 Å². The Morgan fingerprint density at radius 1 is 1.26 bits per heavy atom. The van der Waals surface area contributed by atoms with Crippen molar-refractivity contribution in [1.29, 1.82) is 0 Å². The van der Waals surface area contributed by atoms with Crippen LogP contribution in [0, 0.1) is 0 Å². The highest BCUT2D eigenvalue weighted by Gasteiger charge is 2.29. The molecule has 2 rings (SSSR count). The Morgan fingerprint density at radius 3 is 2.68 bits per heavy atom. The van der Waals surface area contributed by atoms with Crippen LogP contribution in [0.3, 0.4) is 0 Å². The van der Waals surface area contributed by atoms with Gasteiger partial charge in [0.05, 0.1) is 15.4 Å². The zero-order valence-electron chi connectivity index (χ0n) is 11.2. The van der Waals surface area contributed by atoms with Crippen LogP contribution in [0.2, 0.25) is 5.15 Å². The summed E-state index contributed by atoms with van der Waals surface area (Å²) in [7, 11) is 0. The molecule has 0 N–H and O–H groups in total. The fraction of sp³-hybridized carbons (Fsp3) is 0.692. The minimum Gasteiger partial charge on any atom is -0.235 e. The van der Waals surface area contributed by atoms with Gasteiger partial charge in [-0.05, 0) is 28.8 Å². The smallest absolute Gasteiger partial charge is 0.147 e. The fourth-order valence-electron chi connectivity index (χ4n) is 2.15. The molecule has 6 heteroatoms. The standard InChI is InChI=1S/C13H18BrClN2S2/c1-3-5-8-10(14)12(15)17-13(16-8)11-9(4-2)18-6-7-19-11/h9,11H,3-7H2,1-2H3. The highest BCUT2D eigenvalue weighted by molar-refractivity contribution is 9.10. The summed E-state index contributed by atoms with van der Waals surface area (Å²) in [5.41, 5.74) is 1.04. The molecule has 0 amide bonds. The number of hydrogen-bond acceptors (Lipinski definition) is 4. The van der Waals surface area contributed by atoms with E-state index in [0.717, 1.165) is 35.3 Å². The fourth-order valence-corrected chi connectivity index (χ4v) is 5.72. The molecule has 1 aromatic heterocycles. The highest BCUT2D eigenvalue weighted by atomic mass is 79.9. The molecule has 2 nitrogen and oxygen atoms in total. The van der Waals surface area contributed by atoms with E-state index in [9.17, 15) is 0 Å². The van der Waals surface area contributed by atoms with Gasteiger partial charge in [0.25, 0.3) is 0 Å². The normalized spacial score (nSPS) is 23.6. The first kappa shape index (κ1) is 15.9. The van der Waals surface area contributed by atoms with Gasteiger partial charge in [-0.25, -0.2) is 9.97 Å². The van der Waals surface area contributed by atoms with Crippen LogP contribution in [0.4, 0.5) is 0 Å². The van der Waals surface area contributed by atoms with E-state index in [2.05, 4.69) is 34.8 Å². The predicted molar refractivity (Wildman–Crippen MR) is 90.5 cm³/mol. The molecule has 1 saturated heterocycles. The van der Waals surface area contributed by atoms with Crippen molar-refractivity contribution in [3.05, 3.63) is 21.1 Å². The summed E-state index contributed by atoms with van der Waals surface area (Å²) in [4.78, 5) is 9.28. The summed E-state index contributed by atoms with van der Waals surface area (Å²) in [5, 5.41) is 1.54. The van der Waals surface area contributed by atoms with Gasteiger partial charge in [0.2, 0.25) is 0 Å². The molecule has 0 spiro atoms. The van der Waals surface area contributed by atoms with Crippen LogP contribution in [0.15, 0.2) is 4.47 Å². The van der Waals surface area contributed by atoms with Crippen LogP contribution in [0.25, 0.3) is 0 Å². The number of halogens is 2. The molecule has 0 aromatic carbocycles. The molecule has 1 aliphatic heterocycles. The van der Waals surface area contributed by atoms with Crippen molar-refractivity contribution < 1.29 is 0 Å². The van der Waals surface area contributed by atoms with Crippen molar-refractivity contribution in [1.82, 2.24) is 9.97 Å². The first-order chi connectivity index (χ1) is 9.17. The molecule has 0 saturated carbocycles. The molecule has 1 aromatic rings. The molecule has 0 radical (unpaired) electrons. The minimum absolute atomic E-state index is 0.380. The molecule has 2 unspecified atom stereocenters. The maximum absolute atomic E-state index is 6.25. The van der Waals surface area contributed by atoms with Gasteiger partial charge in [-0.2, -0.15) is 11.8 Å². The summed E-state index contributed by atoms with van der Waals surface area (Å²) in [5.74, 6) is 3.32. The van der Waals surface area contributed by atoms with Gasteiger partial charge in [-0.3, -0.25) is 0 Å². The number of rotatable bonds is 4. The van der Waals surface area contributed by atoms with Gasteiger partial charge in [0.15, 0.2) is 0 Å². The minimum atomic E-state index is 0.380. The molecule has 1 aliphatic rings. The SMILES string of the molecule is CCCc1nc(C2SCCSC2CC)nc(Cl)c1Br. The lowest BCUT2D eigenvalue weighted by atomic mass is 10.2. The van der Waals surface area contributed by atoms with Crippen LogP contribution in [0.1, 0.15) is 43.5 Å². The molecule has 0 aliphatic carbocycles. The molecule has 0 bridgehead atoms. The number of nitrogens with zero attached hydrogens (tertiary/aromatic N) is 2. The van der Waals surface area contributed by atoms with Crippen molar-refractivity contribution in [3.63, 3.8) is 0 Å². The number of aromatic nitrogens is 2.